The fourth-order valence-corrected chi connectivity index (χ4v) is 1.96. The smallest absolute Gasteiger partial charge is 0.223 e. The number of hydrogen-bond donors (Lipinski definition) is 1. The summed E-state index contributed by atoms with van der Waals surface area (Å²) in [7, 11) is 0. The normalized spacial score (nSPS) is 17.0. The van der Waals surface area contributed by atoms with Crippen molar-refractivity contribution in [2.75, 3.05) is 0 Å². The number of amides is 1. The van der Waals surface area contributed by atoms with E-state index in [1.165, 1.54) is 0 Å². The molecule has 1 saturated carbocycles. The maximum atomic E-state index is 11.7. The summed E-state index contributed by atoms with van der Waals surface area (Å²) in [5.41, 5.74) is 0.870. The van der Waals surface area contributed by atoms with Gasteiger partial charge in [0.2, 0.25) is 5.91 Å². The van der Waals surface area contributed by atoms with Gasteiger partial charge < -0.3 is 9.73 Å². The van der Waals surface area contributed by atoms with Crippen LogP contribution in [-0.2, 0) is 4.79 Å². The molecule has 0 bridgehead atoms. The molecule has 1 aromatic heterocycles. The van der Waals surface area contributed by atoms with Crippen LogP contribution in [0.1, 0.15) is 31.6 Å². The third-order valence-corrected chi connectivity index (χ3v) is 3.18. The topological polar surface area (TPSA) is 42.2 Å². The average Bonchev–Trinajstić information content (AvgIpc) is 3.08. The van der Waals surface area contributed by atoms with E-state index < -0.39 is 0 Å². The van der Waals surface area contributed by atoms with E-state index in [2.05, 4.69) is 5.32 Å². The molecule has 1 fully saturated rings. The summed E-state index contributed by atoms with van der Waals surface area (Å²) in [6, 6.07) is 9.81. The number of hydrogen-bond acceptors (Lipinski definition) is 2. The molecule has 88 valence electrons. The molecule has 2 aromatic rings. The lowest BCUT2D eigenvalue weighted by Crippen LogP contribution is -2.27. The van der Waals surface area contributed by atoms with Gasteiger partial charge >= 0.3 is 0 Å². The third kappa shape index (κ3) is 2.05. The summed E-state index contributed by atoms with van der Waals surface area (Å²) in [5, 5.41) is 4.07. The minimum Gasteiger partial charge on any atom is -0.459 e. The van der Waals surface area contributed by atoms with Gasteiger partial charge in [0.15, 0.2) is 0 Å². The van der Waals surface area contributed by atoms with Crippen LogP contribution in [0.4, 0.5) is 0 Å². The lowest BCUT2D eigenvalue weighted by atomic mass is 10.2. The van der Waals surface area contributed by atoms with Crippen molar-refractivity contribution in [3.63, 3.8) is 0 Å². The number of nitrogens with one attached hydrogen (secondary N) is 1. The summed E-state index contributed by atoms with van der Waals surface area (Å²) in [6.07, 6.45) is 2.05. The summed E-state index contributed by atoms with van der Waals surface area (Å²) < 4.78 is 5.72. The van der Waals surface area contributed by atoms with Crippen LogP contribution in [0.5, 0.6) is 0 Å². The molecule has 0 aliphatic heterocycles. The molecule has 1 aliphatic rings. The molecule has 1 aliphatic carbocycles. The summed E-state index contributed by atoms with van der Waals surface area (Å²) in [6.45, 7) is 1.96. The van der Waals surface area contributed by atoms with Gasteiger partial charge in [-0.3, -0.25) is 4.79 Å². The molecule has 0 unspecified atom stereocenters. The minimum absolute atomic E-state index is 0.0597. The Kier molecular flexibility index (Phi) is 2.39. The Labute approximate surface area is 99.8 Å². The van der Waals surface area contributed by atoms with Gasteiger partial charge in [-0.05, 0) is 31.9 Å². The number of fused-ring (bicyclic) bond motifs is 1. The Bertz CT molecular complexity index is 521. The monoisotopic (exact) mass is 229 g/mol. The molecule has 0 spiro atoms. The summed E-state index contributed by atoms with van der Waals surface area (Å²) >= 11 is 0. The van der Waals surface area contributed by atoms with Gasteiger partial charge in [-0.15, -0.1) is 0 Å². The molecule has 1 heterocycles. The number of furan rings is 1. The minimum atomic E-state index is -0.0597. The van der Waals surface area contributed by atoms with E-state index in [0.29, 0.717) is 0 Å². The average molecular weight is 229 g/mol. The fraction of sp³-hybridized carbons (Fsp3) is 0.357. The van der Waals surface area contributed by atoms with E-state index in [1.54, 1.807) is 0 Å². The first-order valence-corrected chi connectivity index (χ1v) is 6.03. The van der Waals surface area contributed by atoms with Crippen LogP contribution in [0, 0.1) is 5.92 Å². The number of benzene rings is 1. The number of rotatable bonds is 3. The van der Waals surface area contributed by atoms with Crippen molar-refractivity contribution in [3.8, 4) is 0 Å². The molecule has 17 heavy (non-hydrogen) atoms. The predicted octanol–water partition coefficient (Wildman–Crippen LogP) is 3.02. The van der Waals surface area contributed by atoms with Crippen molar-refractivity contribution < 1.29 is 9.21 Å². The standard InChI is InChI=1S/C14H15NO2/c1-9(15-14(16)10-6-7-10)13-8-11-4-2-3-5-12(11)17-13/h2-5,8-10H,6-7H2,1H3,(H,15,16)/t9-/m0/s1. The van der Waals surface area contributed by atoms with E-state index >= 15 is 0 Å². The predicted molar refractivity (Wildman–Crippen MR) is 65.5 cm³/mol. The first-order chi connectivity index (χ1) is 8.24. The Balaban J connectivity index is 1.79. The number of carbonyl (C=O) groups excluding carboxylic acids is 1. The third-order valence-electron chi connectivity index (χ3n) is 3.18. The fourth-order valence-electron chi connectivity index (χ4n) is 1.96. The van der Waals surface area contributed by atoms with Crippen LogP contribution < -0.4 is 5.32 Å². The zero-order valence-electron chi connectivity index (χ0n) is 9.77. The quantitative estimate of drug-likeness (QED) is 0.879. The molecule has 1 amide bonds. The second kappa shape index (κ2) is 3.91. The van der Waals surface area contributed by atoms with Gasteiger partial charge in [-0.1, -0.05) is 18.2 Å². The molecule has 3 heteroatoms. The van der Waals surface area contributed by atoms with Crippen LogP contribution in [0.3, 0.4) is 0 Å². The first-order valence-electron chi connectivity index (χ1n) is 6.03. The van der Waals surface area contributed by atoms with Gasteiger partial charge in [-0.2, -0.15) is 0 Å². The largest absolute Gasteiger partial charge is 0.459 e. The molecule has 3 rings (SSSR count). The second-order valence-electron chi connectivity index (χ2n) is 4.69. The van der Waals surface area contributed by atoms with Crippen molar-refractivity contribution in [2.24, 2.45) is 5.92 Å². The van der Waals surface area contributed by atoms with E-state index in [1.807, 2.05) is 37.3 Å². The SMILES string of the molecule is C[C@H](NC(=O)C1CC1)c1cc2ccccc2o1. The van der Waals surface area contributed by atoms with Crippen LogP contribution in [-0.4, -0.2) is 5.91 Å². The van der Waals surface area contributed by atoms with Gasteiger partial charge in [0.25, 0.3) is 0 Å². The summed E-state index contributed by atoms with van der Waals surface area (Å²) in [4.78, 5) is 11.7. The van der Waals surface area contributed by atoms with Gasteiger partial charge in [0.05, 0.1) is 6.04 Å². The molecule has 1 N–H and O–H groups in total. The highest BCUT2D eigenvalue weighted by Gasteiger charge is 2.30. The van der Waals surface area contributed by atoms with Gasteiger partial charge in [0, 0.05) is 11.3 Å². The van der Waals surface area contributed by atoms with Crippen LogP contribution >= 0.6 is 0 Å². The Morgan fingerprint density at radius 2 is 2.18 bits per heavy atom. The van der Waals surface area contributed by atoms with E-state index in [0.717, 1.165) is 29.6 Å². The van der Waals surface area contributed by atoms with Crippen molar-refractivity contribution >= 4 is 16.9 Å². The maximum absolute atomic E-state index is 11.7. The van der Waals surface area contributed by atoms with Crippen LogP contribution in [0.2, 0.25) is 0 Å². The van der Waals surface area contributed by atoms with E-state index in [4.69, 9.17) is 4.42 Å². The second-order valence-corrected chi connectivity index (χ2v) is 4.69. The number of carbonyl (C=O) groups is 1. The lowest BCUT2D eigenvalue weighted by Gasteiger charge is -2.10. The van der Waals surface area contributed by atoms with E-state index in [-0.39, 0.29) is 17.9 Å². The van der Waals surface area contributed by atoms with E-state index in [9.17, 15) is 4.79 Å². The molecule has 1 atom stereocenters. The van der Waals surface area contributed by atoms with Crippen molar-refractivity contribution in [1.29, 1.82) is 0 Å². The summed E-state index contributed by atoms with van der Waals surface area (Å²) in [5.74, 6) is 1.21. The van der Waals surface area contributed by atoms with Gasteiger partial charge in [0.1, 0.15) is 11.3 Å². The number of para-hydroxylation sites is 1. The highest BCUT2D eigenvalue weighted by atomic mass is 16.3. The van der Waals surface area contributed by atoms with Crippen molar-refractivity contribution in [1.82, 2.24) is 5.32 Å². The highest BCUT2D eigenvalue weighted by Crippen LogP contribution is 2.30. The first kappa shape index (κ1) is 10.4. The zero-order valence-corrected chi connectivity index (χ0v) is 9.77. The maximum Gasteiger partial charge on any atom is 0.223 e. The Morgan fingerprint density at radius 1 is 1.41 bits per heavy atom. The van der Waals surface area contributed by atoms with Gasteiger partial charge in [-0.25, -0.2) is 0 Å². The molecular weight excluding hydrogens is 214 g/mol. The highest BCUT2D eigenvalue weighted by molar-refractivity contribution is 5.82. The van der Waals surface area contributed by atoms with Crippen molar-refractivity contribution in [3.05, 3.63) is 36.1 Å². The zero-order chi connectivity index (χ0) is 11.8. The van der Waals surface area contributed by atoms with Crippen molar-refractivity contribution in [2.45, 2.75) is 25.8 Å². The lowest BCUT2D eigenvalue weighted by molar-refractivity contribution is -0.123. The Hall–Kier alpha value is -1.77. The molecular formula is C14H15NO2. The molecule has 0 radical (unpaired) electrons. The molecule has 1 aromatic carbocycles. The Morgan fingerprint density at radius 3 is 2.88 bits per heavy atom. The van der Waals surface area contributed by atoms with Crippen LogP contribution in [0.25, 0.3) is 11.0 Å². The molecule has 3 nitrogen and oxygen atoms in total. The van der Waals surface area contributed by atoms with Crippen LogP contribution in [0.15, 0.2) is 34.7 Å². The molecule has 0 saturated heterocycles.